The molecule has 3 rings (SSSR count). The third-order valence-corrected chi connectivity index (χ3v) is 6.68. The molecule has 1 aliphatic heterocycles. The molecule has 1 fully saturated rings. The summed E-state index contributed by atoms with van der Waals surface area (Å²) < 4.78 is 35.6. The Balaban J connectivity index is 1.65. The largest absolute Gasteiger partial charge is 0.301 e. The monoisotopic (exact) mass is 365 g/mol. The molecule has 0 atom stereocenters. The SMILES string of the molecule is N#CCCCCN1CCN(S(=O)(=O)c2cccc3nsnc23)CC1. The summed E-state index contributed by atoms with van der Waals surface area (Å²) in [7, 11) is -3.54. The van der Waals surface area contributed by atoms with Crippen LogP contribution >= 0.6 is 11.7 Å². The number of hydrogen-bond acceptors (Lipinski definition) is 7. The molecule has 0 N–H and O–H groups in total. The van der Waals surface area contributed by atoms with E-state index in [1.807, 2.05) is 0 Å². The minimum absolute atomic E-state index is 0.247. The molecule has 0 spiro atoms. The van der Waals surface area contributed by atoms with Crippen LogP contribution in [0.4, 0.5) is 0 Å². The van der Waals surface area contributed by atoms with Gasteiger partial charge in [0.2, 0.25) is 10.0 Å². The zero-order valence-electron chi connectivity index (χ0n) is 13.3. The molecule has 1 saturated heterocycles. The lowest BCUT2D eigenvalue weighted by Crippen LogP contribution is -2.48. The van der Waals surface area contributed by atoms with E-state index < -0.39 is 10.0 Å². The van der Waals surface area contributed by atoms with Gasteiger partial charge in [-0.1, -0.05) is 6.07 Å². The number of nitrogens with zero attached hydrogens (tertiary/aromatic N) is 5. The molecule has 2 aromatic rings. The first-order valence-corrected chi connectivity index (χ1v) is 10.1. The van der Waals surface area contributed by atoms with E-state index in [9.17, 15) is 8.42 Å². The Morgan fingerprint density at radius 2 is 1.96 bits per heavy atom. The lowest BCUT2D eigenvalue weighted by atomic mass is 10.2. The van der Waals surface area contributed by atoms with Crippen molar-refractivity contribution in [2.45, 2.75) is 24.2 Å². The number of piperazine rings is 1. The minimum atomic E-state index is -3.54. The maximum Gasteiger partial charge on any atom is 0.245 e. The first-order chi connectivity index (χ1) is 11.6. The number of unbranched alkanes of at least 4 members (excludes halogenated alkanes) is 2. The third kappa shape index (κ3) is 3.57. The summed E-state index contributed by atoms with van der Waals surface area (Å²) in [4.78, 5) is 2.50. The average molecular weight is 365 g/mol. The van der Waals surface area contributed by atoms with Crippen molar-refractivity contribution in [1.29, 1.82) is 5.26 Å². The quantitative estimate of drug-likeness (QED) is 0.724. The molecule has 0 amide bonds. The fourth-order valence-electron chi connectivity index (χ4n) is 2.86. The lowest BCUT2D eigenvalue weighted by molar-refractivity contribution is 0.186. The second-order valence-corrected chi connectivity index (χ2v) is 8.18. The van der Waals surface area contributed by atoms with E-state index in [1.165, 1.54) is 4.31 Å². The van der Waals surface area contributed by atoms with Crippen molar-refractivity contribution in [2.24, 2.45) is 0 Å². The van der Waals surface area contributed by atoms with Gasteiger partial charge in [-0.3, -0.25) is 0 Å². The van der Waals surface area contributed by atoms with Crippen LogP contribution in [0.15, 0.2) is 23.1 Å². The molecule has 24 heavy (non-hydrogen) atoms. The van der Waals surface area contributed by atoms with E-state index in [0.717, 1.165) is 44.2 Å². The Morgan fingerprint density at radius 3 is 2.71 bits per heavy atom. The smallest absolute Gasteiger partial charge is 0.245 e. The molecular formula is C15H19N5O2S2. The summed E-state index contributed by atoms with van der Waals surface area (Å²) >= 11 is 1.03. The second kappa shape index (κ2) is 7.53. The van der Waals surface area contributed by atoms with Crippen molar-refractivity contribution in [3.8, 4) is 6.07 Å². The normalized spacial score (nSPS) is 17.1. The topological polar surface area (TPSA) is 90.2 Å². The van der Waals surface area contributed by atoms with Gasteiger partial charge in [0.15, 0.2) is 0 Å². The third-order valence-electron chi connectivity index (χ3n) is 4.21. The molecule has 1 aromatic heterocycles. The molecule has 0 aliphatic carbocycles. The molecule has 128 valence electrons. The van der Waals surface area contributed by atoms with Gasteiger partial charge >= 0.3 is 0 Å². The number of fused-ring (bicyclic) bond motifs is 1. The van der Waals surface area contributed by atoms with Gasteiger partial charge in [-0.25, -0.2) is 8.42 Å². The van der Waals surface area contributed by atoms with Crippen molar-refractivity contribution < 1.29 is 8.42 Å². The molecule has 1 aromatic carbocycles. The summed E-state index contributed by atoms with van der Waals surface area (Å²) in [5.74, 6) is 0. The van der Waals surface area contributed by atoms with Crippen molar-refractivity contribution in [1.82, 2.24) is 18.0 Å². The number of benzene rings is 1. The molecule has 0 radical (unpaired) electrons. The van der Waals surface area contributed by atoms with Crippen molar-refractivity contribution in [3.05, 3.63) is 18.2 Å². The highest BCUT2D eigenvalue weighted by Gasteiger charge is 2.30. The van der Waals surface area contributed by atoms with E-state index in [4.69, 9.17) is 5.26 Å². The standard InChI is InChI=1S/C15H19N5O2S2/c16-7-2-1-3-8-19-9-11-20(12-10-19)24(21,22)14-6-4-5-13-15(14)18-23-17-13/h4-6H,1-3,8-12H2. The first-order valence-electron chi connectivity index (χ1n) is 7.93. The van der Waals surface area contributed by atoms with Crippen LogP contribution in [-0.2, 0) is 10.0 Å². The summed E-state index contributed by atoms with van der Waals surface area (Å²) in [6, 6.07) is 7.24. The molecule has 1 aliphatic rings. The average Bonchev–Trinajstić information content (AvgIpc) is 3.07. The van der Waals surface area contributed by atoms with Gasteiger partial charge in [0, 0.05) is 32.6 Å². The fourth-order valence-corrected chi connectivity index (χ4v) is 5.04. The van der Waals surface area contributed by atoms with E-state index in [-0.39, 0.29) is 4.90 Å². The van der Waals surface area contributed by atoms with Gasteiger partial charge in [-0.2, -0.15) is 18.3 Å². The predicted octanol–water partition coefficient (Wildman–Crippen LogP) is 1.69. The lowest BCUT2D eigenvalue weighted by Gasteiger charge is -2.33. The van der Waals surface area contributed by atoms with E-state index in [2.05, 4.69) is 19.7 Å². The molecule has 0 saturated carbocycles. The van der Waals surface area contributed by atoms with Crippen LogP contribution in [-0.4, -0.2) is 59.1 Å². The van der Waals surface area contributed by atoms with E-state index in [1.54, 1.807) is 18.2 Å². The van der Waals surface area contributed by atoms with Gasteiger partial charge in [0.1, 0.15) is 15.9 Å². The Kier molecular flexibility index (Phi) is 5.40. The summed E-state index contributed by atoms with van der Waals surface area (Å²) in [5.41, 5.74) is 1.08. The van der Waals surface area contributed by atoms with Crippen molar-refractivity contribution in [3.63, 3.8) is 0 Å². The number of rotatable bonds is 6. The molecule has 2 heterocycles. The molecular weight excluding hydrogens is 346 g/mol. The Morgan fingerprint density at radius 1 is 1.17 bits per heavy atom. The van der Waals surface area contributed by atoms with Gasteiger partial charge in [0.05, 0.1) is 17.8 Å². The van der Waals surface area contributed by atoms with Gasteiger partial charge < -0.3 is 4.90 Å². The van der Waals surface area contributed by atoms with Crippen LogP contribution in [0, 0.1) is 11.3 Å². The minimum Gasteiger partial charge on any atom is -0.301 e. The predicted molar refractivity (Wildman–Crippen MR) is 92.1 cm³/mol. The van der Waals surface area contributed by atoms with Crippen LogP contribution in [0.2, 0.25) is 0 Å². The number of hydrogen-bond donors (Lipinski definition) is 0. The van der Waals surface area contributed by atoms with Crippen LogP contribution in [0.1, 0.15) is 19.3 Å². The Hall–Kier alpha value is -1.60. The van der Waals surface area contributed by atoms with Crippen LogP contribution in [0.3, 0.4) is 0 Å². The Bertz CT molecular complexity index is 835. The zero-order chi connectivity index (χ0) is 17.0. The second-order valence-electron chi connectivity index (χ2n) is 5.75. The van der Waals surface area contributed by atoms with Gasteiger partial charge in [0.25, 0.3) is 0 Å². The highest BCUT2D eigenvalue weighted by Crippen LogP contribution is 2.25. The first kappa shape index (κ1) is 17.2. The van der Waals surface area contributed by atoms with Crippen LogP contribution < -0.4 is 0 Å². The van der Waals surface area contributed by atoms with Gasteiger partial charge in [-0.05, 0) is 31.5 Å². The van der Waals surface area contributed by atoms with Crippen molar-refractivity contribution in [2.75, 3.05) is 32.7 Å². The number of aromatic nitrogens is 2. The summed E-state index contributed by atoms with van der Waals surface area (Å²) in [6.45, 7) is 3.32. The van der Waals surface area contributed by atoms with Crippen molar-refractivity contribution >= 4 is 32.8 Å². The summed E-state index contributed by atoms with van der Waals surface area (Å²) in [6.07, 6.45) is 2.46. The Labute approximate surface area is 145 Å². The highest BCUT2D eigenvalue weighted by atomic mass is 32.2. The highest BCUT2D eigenvalue weighted by molar-refractivity contribution is 7.89. The number of nitriles is 1. The molecule has 9 heteroatoms. The fraction of sp³-hybridized carbons (Fsp3) is 0.533. The van der Waals surface area contributed by atoms with Gasteiger partial charge in [-0.15, -0.1) is 0 Å². The molecule has 0 bridgehead atoms. The summed E-state index contributed by atoms with van der Waals surface area (Å²) in [5, 5.41) is 8.55. The van der Waals surface area contributed by atoms with E-state index >= 15 is 0 Å². The molecule has 0 unspecified atom stereocenters. The van der Waals surface area contributed by atoms with Crippen LogP contribution in [0.5, 0.6) is 0 Å². The molecule has 7 nitrogen and oxygen atoms in total. The maximum atomic E-state index is 12.9. The van der Waals surface area contributed by atoms with Crippen LogP contribution in [0.25, 0.3) is 11.0 Å². The number of sulfonamides is 1. The maximum absolute atomic E-state index is 12.9. The zero-order valence-corrected chi connectivity index (χ0v) is 14.9. The van der Waals surface area contributed by atoms with E-state index in [0.29, 0.717) is 30.5 Å².